The summed E-state index contributed by atoms with van der Waals surface area (Å²) in [4.78, 5) is 21.1. The first kappa shape index (κ1) is 19.0. The Morgan fingerprint density at radius 2 is 1.68 bits per heavy atom. The summed E-state index contributed by atoms with van der Waals surface area (Å²) >= 11 is 0. The zero-order chi connectivity index (χ0) is 21.2. The summed E-state index contributed by atoms with van der Waals surface area (Å²) in [5.74, 6) is 1.53. The van der Waals surface area contributed by atoms with E-state index in [1.807, 2.05) is 71.2 Å². The van der Waals surface area contributed by atoms with E-state index in [-0.39, 0.29) is 5.91 Å². The minimum atomic E-state index is -0.00151. The van der Waals surface area contributed by atoms with E-state index in [9.17, 15) is 4.79 Å². The first-order valence-electron chi connectivity index (χ1n) is 10.1. The third-order valence-electron chi connectivity index (χ3n) is 5.46. The van der Waals surface area contributed by atoms with Crippen molar-refractivity contribution in [2.45, 2.75) is 0 Å². The third-order valence-corrected chi connectivity index (χ3v) is 5.46. The lowest BCUT2D eigenvalue weighted by Crippen LogP contribution is -2.49. The molecule has 1 saturated heterocycles. The van der Waals surface area contributed by atoms with Crippen LogP contribution in [-0.4, -0.2) is 66.5 Å². The number of rotatable bonds is 4. The molecule has 0 aliphatic carbocycles. The van der Waals surface area contributed by atoms with Crippen molar-refractivity contribution >= 4 is 11.7 Å². The largest absolute Gasteiger partial charge is 0.352 e. The van der Waals surface area contributed by atoms with Gasteiger partial charge in [0.2, 0.25) is 0 Å². The van der Waals surface area contributed by atoms with Crippen LogP contribution in [0.2, 0.25) is 0 Å². The van der Waals surface area contributed by atoms with E-state index in [1.165, 1.54) is 0 Å². The van der Waals surface area contributed by atoms with Gasteiger partial charge in [-0.25, -0.2) is 4.98 Å². The number of carbonyl (C=O) groups is 1. The molecule has 0 unspecified atom stereocenters. The van der Waals surface area contributed by atoms with Crippen LogP contribution in [0.25, 0.3) is 17.1 Å². The molecule has 4 heterocycles. The molecule has 1 aromatic carbocycles. The van der Waals surface area contributed by atoms with Crippen molar-refractivity contribution in [3.8, 4) is 17.1 Å². The third kappa shape index (κ3) is 3.77. The fourth-order valence-electron chi connectivity index (χ4n) is 3.74. The second-order valence-corrected chi connectivity index (χ2v) is 7.40. The highest BCUT2D eigenvalue weighted by Crippen LogP contribution is 2.20. The highest BCUT2D eigenvalue weighted by Gasteiger charge is 2.25. The number of benzene rings is 1. The minimum Gasteiger partial charge on any atom is -0.352 e. The van der Waals surface area contributed by atoms with E-state index in [2.05, 4.69) is 25.2 Å². The molecule has 3 aromatic heterocycles. The maximum Gasteiger partial charge on any atom is 0.272 e. The fraction of sp³-hybridized carbons (Fsp3) is 0.227. The van der Waals surface area contributed by atoms with Crippen LogP contribution in [0.4, 0.5) is 5.82 Å². The summed E-state index contributed by atoms with van der Waals surface area (Å²) in [5, 5.41) is 13.2. The molecule has 0 N–H and O–H groups in total. The molecule has 9 heteroatoms. The Bertz CT molecular complexity index is 1160. The second kappa shape index (κ2) is 8.02. The Morgan fingerprint density at radius 3 is 2.35 bits per heavy atom. The van der Waals surface area contributed by atoms with E-state index in [0.717, 1.165) is 22.9 Å². The van der Waals surface area contributed by atoms with Crippen molar-refractivity contribution in [3.05, 3.63) is 72.9 Å². The summed E-state index contributed by atoms with van der Waals surface area (Å²) in [6.07, 6.45) is 5.22. The van der Waals surface area contributed by atoms with Crippen molar-refractivity contribution in [1.29, 1.82) is 0 Å². The number of carbonyl (C=O) groups excluding carboxylic acids is 1. The highest BCUT2D eigenvalue weighted by molar-refractivity contribution is 5.94. The quantitative estimate of drug-likeness (QED) is 0.508. The lowest BCUT2D eigenvalue weighted by atomic mass is 10.1. The number of aryl methyl sites for hydroxylation is 1. The number of amides is 1. The van der Waals surface area contributed by atoms with E-state index >= 15 is 0 Å². The van der Waals surface area contributed by atoms with Gasteiger partial charge >= 0.3 is 0 Å². The zero-order valence-electron chi connectivity index (χ0n) is 17.2. The molecule has 31 heavy (non-hydrogen) atoms. The molecule has 156 valence electrons. The van der Waals surface area contributed by atoms with Crippen LogP contribution in [-0.2, 0) is 7.05 Å². The summed E-state index contributed by atoms with van der Waals surface area (Å²) in [6.45, 7) is 2.65. The topological polar surface area (TPSA) is 85.0 Å². The molecule has 0 atom stereocenters. The van der Waals surface area contributed by atoms with Crippen LogP contribution in [0.5, 0.6) is 0 Å². The average molecular weight is 414 g/mol. The summed E-state index contributed by atoms with van der Waals surface area (Å²) in [7, 11) is 1.81. The zero-order valence-corrected chi connectivity index (χ0v) is 17.2. The summed E-state index contributed by atoms with van der Waals surface area (Å²) in [6, 6.07) is 15.6. The number of anilines is 1. The van der Waals surface area contributed by atoms with E-state index in [1.54, 1.807) is 17.2 Å². The van der Waals surface area contributed by atoms with E-state index in [0.29, 0.717) is 31.9 Å². The molecule has 1 fully saturated rings. The number of hydrogen-bond acceptors (Lipinski definition) is 6. The van der Waals surface area contributed by atoms with Crippen LogP contribution in [0, 0.1) is 0 Å². The number of imidazole rings is 1. The first-order valence-corrected chi connectivity index (χ1v) is 10.1. The average Bonchev–Trinajstić information content (AvgIpc) is 3.50. The van der Waals surface area contributed by atoms with Gasteiger partial charge in [-0.1, -0.05) is 30.3 Å². The second-order valence-electron chi connectivity index (χ2n) is 7.40. The Morgan fingerprint density at radius 1 is 0.935 bits per heavy atom. The van der Waals surface area contributed by atoms with Gasteiger partial charge in [-0.3, -0.25) is 14.0 Å². The fourth-order valence-corrected chi connectivity index (χ4v) is 3.74. The minimum absolute atomic E-state index is 0.00151. The summed E-state index contributed by atoms with van der Waals surface area (Å²) in [5.41, 5.74) is 2.40. The van der Waals surface area contributed by atoms with E-state index in [4.69, 9.17) is 0 Å². The van der Waals surface area contributed by atoms with Crippen LogP contribution < -0.4 is 4.90 Å². The summed E-state index contributed by atoms with van der Waals surface area (Å²) < 4.78 is 3.47. The standard InChI is InChI=1S/C22H22N8O/c1-27-19(15-18(26-27)17-5-3-2-4-6-17)22(31)29-13-11-28(12-14-29)20-7-8-21(25-24-20)30-10-9-23-16-30/h2-10,15-16H,11-14H2,1H3. The van der Waals surface area contributed by atoms with E-state index < -0.39 is 0 Å². The number of piperazine rings is 1. The Hall–Kier alpha value is -4.01. The van der Waals surface area contributed by atoms with Gasteiger partial charge in [-0.15, -0.1) is 10.2 Å². The molecule has 5 rings (SSSR count). The molecule has 1 aliphatic heterocycles. The normalized spacial score (nSPS) is 14.1. The predicted octanol–water partition coefficient (Wildman–Crippen LogP) is 2.03. The predicted molar refractivity (Wildman–Crippen MR) is 116 cm³/mol. The SMILES string of the molecule is Cn1nc(-c2ccccc2)cc1C(=O)N1CCN(c2ccc(-n3ccnc3)nn2)CC1. The van der Waals surface area contributed by atoms with Crippen LogP contribution in [0.15, 0.2) is 67.3 Å². The number of aromatic nitrogens is 6. The van der Waals surface area contributed by atoms with Crippen molar-refractivity contribution in [2.75, 3.05) is 31.1 Å². The molecular formula is C22H22N8O. The van der Waals surface area contributed by atoms with Gasteiger partial charge in [-0.2, -0.15) is 5.10 Å². The molecule has 1 amide bonds. The molecule has 9 nitrogen and oxygen atoms in total. The molecule has 0 radical (unpaired) electrons. The van der Waals surface area contributed by atoms with Gasteiger partial charge in [0, 0.05) is 51.2 Å². The Balaban J connectivity index is 1.24. The van der Waals surface area contributed by atoms with Gasteiger partial charge in [-0.05, 0) is 18.2 Å². The Kier molecular flexibility index (Phi) is 4.91. The highest BCUT2D eigenvalue weighted by atomic mass is 16.2. The molecule has 0 bridgehead atoms. The van der Waals surface area contributed by atoms with Crippen LogP contribution in [0.1, 0.15) is 10.5 Å². The molecule has 0 saturated carbocycles. The monoisotopic (exact) mass is 414 g/mol. The smallest absolute Gasteiger partial charge is 0.272 e. The number of hydrogen-bond donors (Lipinski definition) is 0. The van der Waals surface area contributed by atoms with Gasteiger partial charge in [0.1, 0.15) is 12.0 Å². The van der Waals surface area contributed by atoms with Gasteiger partial charge in [0.05, 0.1) is 5.69 Å². The van der Waals surface area contributed by atoms with Crippen LogP contribution in [0.3, 0.4) is 0 Å². The number of nitrogens with zero attached hydrogens (tertiary/aromatic N) is 8. The molecular weight excluding hydrogens is 392 g/mol. The maximum absolute atomic E-state index is 13.1. The first-order chi connectivity index (χ1) is 15.2. The van der Waals surface area contributed by atoms with Crippen molar-refractivity contribution in [1.82, 2.24) is 34.4 Å². The van der Waals surface area contributed by atoms with Gasteiger partial charge in [0.25, 0.3) is 5.91 Å². The van der Waals surface area contributed by atoms with Gasteiger partial charge < -0.3 is 9.80 Å². The maximum atomic E-state index is 13.1. The molecule has 0 spiro atoms. The van der Waals surface area contributed by atoms with Crippen molar-refractivity contribution < 1.29 is 4.79 Å². The van der Waals surface area contributed by atoms with Gasteiger partial charge in [0.15, 0.2) is 11.6 Å². The Labute approximate surface area is 179 Å². The van der Waals surface area contributed by atoms with Crippen molar-refractivity contribution in [3.63, 3.8) is 0 Å². The lowest BCUT2D eigenvalue weighted by Gasteiger charge is -2.35. The molecule has 4 aromatic rings. The molecule has 1 aliphatic rings. The van der Waals surface area contributed by atoms with Crippen molar-refractivity contribution in [2.24, 2.45) is 7.05 Å². The van der Waals surface area contributed by atoms with Crippen LogP contribution >= 0.6 is 0 Å². The lowest BCUT2D eigenvalue weighted by molar-refractivity contribution is 0.0735.